The Kier molecular flexibility index (Phi) is 6.59. The van der Waals surface area contributed by atoms with Gasteiger partial charge in [-0.2, -0.15) is 0 Å². The van der Waals surface area contributed by atoms with E-state index in [9.17, 15) is 4.79 Å². The van der Waals surface area contributed by atoms with Gasteiger partial charge in [0.25, 0.3) is 0 Å². The minimum Gasteiger partial charge on any atom is -0.464 e. The maximum absolute atomic E-state index is 12.0. The predicted molar refractivity (Wildman–Crippen MR) is 76.0 cm³/mol. The van der Waals surface area contributed by atoms with Crippen LogP contribution in [0.25, 0.3) is 0 Å². The number of furan rings is 1. The highest BCUT2D eigenvalue weighted by Gasteiger charge is 2.13. The molecule has 0 aliphatic carbocycles. The van der Waals surface area contributed by atoms with Crippen molar-refractivity contribution in [2.24, 2.45) is 0 Å². The summed E-state index contributed by atoms with van der Waals surface area (Å²) in [6.45, 7) is 4.76. The molecule has 0 aliphatic heterocycles. The third-order valence-electron chi connectivity index (χ3n) is 2.99. The van der Waals surface area contributed by atoms with Gasteiger partial charge >= 0.3 is 0 Å². The highest BCUT2D eigenvalue weighted by molar-refractivity contribution is 5.77. The van der Waals surface area contributed by atoms with Gasteiger partial charge in [0.1, 0.15) is 11.5 Å². The molecule has 1 heterocycles. The van der Waals surface area contributed by atoms with E-state index < -0.39 is 0 Å². The zero-order valence-corrected chi connectivity index (χ0v) is 12.4. The van der Waals surface area contributed by atoms with Crippen molar-refractivity contribution in [1.29, 1.82) is 0 Å². The normalized spacial score (nSPS) is 11.0. The molecule has 108 valence electrons. The third-order valence-corrected chi connectivity index (χ3v) is 2.99. The number of carbonyl (C=O) groups excluding carboxylic acids is 1. The molecule has 0 spiro atoms. The summed E-state index contributed by atoms with van der Waals surface area (Å²) in [5.74, 6) is 1.81. The Balaban J connectivity index is 2.31. The lowest BCUT2D eigenvalue weighted by atomic mass is 10.3. The lowest BCUT2D eigenvalue weighted by Gasteiger charge is -2.21. The zero-order valence-electron chi connectivity index (χ0n) is 12.4. The third kappa shape index (κ3) is 5.89. The number of likely N-dealkylation sites (N-methyl/N-ethyl adjacent to an activating group) is 2. The van der Waals surface area contributed by atoms with Crippen LogP contribution in [0, 0.1) is 6.92 Å². The van der Waals surface area contributed by atoms with E-state index in [-0.39, 0.29) is 5.91 Å². The average Bonchev–Trinajstić information content (AvgIpc) is 2.75. The fourth-order valence-electron chi connectivity index (χ4n) is 1.85. The summed E-state index contributed by atoms with van der Waals surface area (Å²) < 4.78 is 5.47. The quantitative estimate of drug-likeness (QED) is 0.716. The second kappa shape index (κ2) is 7.96. The molecule has 1 N–H and O–H groups in total. The molecule has 1 amide bonds. The molecule has 0 unspecified atom stereocenters. The van der Waals surface area contributed by atoms with Gasteiger partial charge in [-0.3, -0.25) is 9.69 Å². The molecule has 19 heavy (non-hydrogen) atoms. The largest absolute Gasteiger partial charge is 0.464 e. The molecule has 0 fully saturated rings. The van der Waals surface area contributed by atoms with Gasteiger partial charge in [0, 0.05) is 7.05 Å². The highest BCUT2D eigenvalue weighted by Crippen LogP contribution is 2.08. The second-order valence-electron chi connectivity index (χ2n) is 4.96. The van der Waals surface area contributed by atoms with Crippen molar-refractivity contribution in [3.8, 4) is 0 Å². The predicted octanol–water partition coefficient (Wildman–Crippen LogP) is 1.09. The van der Waals surface area contributed by atoms with Crippen molar-refractivity contribution >= 4 is 5.91 Å². The number of nitrogens with one attached hydrogen (secondary N) is 1. The van der Waals surface area contributed by atoms with E-state index in [0.717, 1.165) is 31.0 Å². The zero-order chi connectivity index (χ0) is 14.3. The Morgan fingerprint density at radius 1 is 1.37 bits per heavy atom. The summed E-state index contributed by atoms with van der Waals surface area (Å²) in [5.41, 5.74) is 0. The van der Waals surface area contributed by atoms with Crippen molar-refractivity contribution < 1.29 is 9.21 Å². The van der Waals surface area contributed by atoms with Crippen LogP contribution in [0.1, 0.15) is 17.9 Å². The van der Waals surface area contributed by atoms with Crippen molar-refractivity contribution in [3.05, 3.63) is 23.7 Å². The van der Waals surface area contributed by atoms with E-state index in [4.69, 9.17) is 4.42 Å². The maximum atomic E-state index is 12.0. The Morgan fingerprint density at radius 2 is 2.11 bits per heavy atom. The van der Waals surface area contributed by atoms with E-state index in [0.29, 0.717) is 13.1 Å². The Labute approximate surface area is 115 Å². The summed E-state index contributed by atoms with van der Waals surface area (Å²) >= 11 is 0. The van der Waals surface area contributed by atoms with E-state index in [2.05, 4.69) is 5.32 Å². The molecule has 0 aromatic carbocycles. The van der Waals surface area contributed by atoms with E-state index in [1.807, 2.05) is 45.1 Å². The molecule has 5 heteroatoms. The number of carbonyl (C=O) groups is 1. The molecular weight excluding hydrogens is 242 g/mol. The first-order valence-corrected chi connectivity index (χ1v) is 6.65. The molecule has 0 radical (unpaired) electrons. The van der Waals surface area contributed by atoms with Crippen molar-refractivity contribution in [1.82, 2.24) is 15.1 Å². The number of nitrogens with zero attached hydrogens (tertiary/aromatic N) is 2. The SMILES string of the molecule is CNCCCN(C)CC(=O)N(C)Cc1ccc(C)o1. The van der Waals surface area contributed by atoms with Gasteiger partial charge in [-0.05, 0) is 52.7 Å². The van der Waals surface area contributed by atoms with Crippen LogP contribution < -0.4 is 5.32 Å². The van der Waals surface area contributed by atoms with Crippen LogP contribution in [0.3, 0.4) is 0 Å². The van der Waals surface area contributed by atoms with Gasteiger partial charge in [0.15, 0.2) is 0 Å². The smallest absolute Gasteiger partial charge is 0.236 e. The average molecular weight is 267 g/mol. The van der Waals surface area contributed by atoms with Gasteiger partial charge in [-0.25, -0.2) is 0 Å². The van der Waals surface area contributed by atoms with Crippen LogP contribution in [-0.2, 0) is 11.3 Å². The van der Waals surface area contributed by atoms with Crippen LogP contribution >= 0.6 is 0 Å². The van der Waals surface area contributed by atoms with Crippen LogP contribution in [-0.4, -0.2) is 56.5 Å². The topological polar surface area (TPSA) is 48.7 Å². The molecule has 0 saturated heterocycles. The van der Waals surface area contributed by atoms with E-state index in [1.54, 1.807) is 4.90 Å². The van der Waals surface area contributed by atoms with Gasteiger partial charge in [-0.15, -0.1) is 0 Å². The van der Waals surface area contributed by atoms with Crippen molar-refractivity contribution in [3.63, 3.8) is 0 Å². The van der Waals surface area contributed by atoms with Crippen LogP contribution in [0.2, 0.25) is 0 Å². The molecular formula is C14H25N3O2. The number of aryl methyl sites for hydroxylation is 1. The van der Waals surface area contributed by atoms with Crippen LogP contribution in [0.4, 0.5) is 0 Å². The Morgan fingerprint density at radius 3 is 2.68 bits per heavy atom. The van der Waals surface area contributed by atoms with E-state index in [1.165, 1.54) is 0 Å². The van der Waals surface area contributed by atoms with Crippen molar-refractivity contribution in [2.45, 2.75) is 19.9 Å². The van der Waals surface area contributed by atoms with Gasteiger partial charge in [-0.1, -0.05) is 0 Å². The molecule has 1 aromatic heterocycles. The Hall–Kier alpha value is -1.33. The molecule has 0 aliphatic rings. The van der Waals surface area contributed by atoms with Crippen LogP contribution in [0.5, 0.6) is 0 Å². The lowest BCUT2D eigenvalue weighted by Crippen LogP contribution is -2.37. The van der Waals surface area contributed by atoms with Gasteiger partial charge in [0.2, 0.25) is 5.91 Å². The van der Waals surface area contributed by atoms with E-state index >= 15 is 0 Å². The first kappa shape index (κ1) is 15.7. The summed E-state index contributed by atoms with van der Waals surface area (Å²) in [6.07, 6.45) is 1.04. The fraction of sp³-hybridized carbons (Fsp3) is 0.643. The summed E-state index contributed by atoms with van der Waals surface area (Å²) in [6, 6.07) is 3.83. The summed E-state index contributed by atoms with van der Waals surface area (Å²) in [7, 11) is 5.71. The molecule has 0 saturated carbocycles. The maximum Gasteiger partial charge on any atom is 0.236 e. The molecule has 5 nitrogen and oxygen atoms in total. The number of rotatable bonds is 8. The van der Waals surface area contributed by atoms with Gasteiger partial charge < -0.3 is 14.6 Å². The second-order valence-corrected chi connectivity index (χ2v) is 4.96. The minimum atomic E-state index is 0.112. The molecule has 1 rings (SSSR count). The number of hydrogen-bond donors (Lipinski definition) is 1. The van der Waals surface area contributed by atoms with Gasteiger partial charge in [0.05, 0.1) is 13.1 Å². The standard InChI is InChI=1S/C14H25N3O2/c1-12-6-7-13(19-12)10-17(4)14(18)11-16(3)9-5-8-15-2/h6-7,15H,5,8-11H2,1-4H3. The van der Waals surface area contributed by atoms with Crippen molar-refractivity contribution in [2.75, 3.05) is 40.8 Å². The number of amides is 1. The highest BCUT2D eigenvalue weighted by atomic mass is 16.3. The summed E-state index contributed by atoms with van der Waals surface area (Å²) in [4.78, 5) is 15.8. The van der Waals surface area contributed by atoms with Crippen LogP contribution in [0.15, 0.2) is 16.5 Å². The fourth-order valence-corrected chi connectivity index (χ4v) is 1.85. The monoisotopic (exact) mass is 267 g/mol. The molecule has 1 aromatic rings. The first-order chi connectivity index (χ1) is 9.02. The minimum absolute atomic E-state index is 0.112. The lowest BCUT2D eigenvalue weighted by molar-refractivity contribution is -0.131. The first-order valence-electron chi connectivity index (χ1n) is 6.65. The Bertz CT molecular complexity index is 390. The molecule has 0 atom stereocenters. The number of hydrogen-bond acceptors (Lipinski definition) is 4. The molecule has 0 bridgehead atoms. The summed E-state index contributed by atoms with van der Waals surface area (Å²) in [5, 5.41) is 3.10.